The Hall–Kier alpha value is -4.91. The number of unbranched alkanes of at least 4 members (excludes halogenated alkanes) is 3. The number of hydrogen-bond donors (Lipinski definition) is 0. The lowest BCUT2D eigenvalue weighted by molar-refractivity contribution is -0.137. The first-order valence-corrected chi connectivity index (χ1v) is 15.4. The predicted octanol–water partition coefficient (Wildman–Crippen LogP) is 8.52. The van der Waals surface area contributed by atoms with Gasteiger partial charge in [0.25, 0.3) is 0 Å². The molecule has 0 unspecified atom stereocenters. The number of ether oxygens (including phenoxy) is 4. The van der Waals surface area contributed by atoms with E-state index >= 15 is 0 Å². The van der Waals surface area contributed by atoms with Crippen LogP contribution in [0.5, 0.6) is 17.2 Å². The number of aryl methyl sites for hydroxylation is 3. The summed E-state index contributed by atoms with van der Waals surface area (Å²) < 4.78 is 22.2. The number of carbonyl (C=O) groups excluding carboxylic acids is 3. The second-order valence-electron chi connectivity index (χ2n) is 11.0. The summed E-state index contributed by atoms with van der Waals surface area (Å²) in [5, 5.41) is 1.83. The van der Waals surface area contributed by atoms with Crippen LogP contribution in [-0.4, -0.2) is 31.1 Å². The number of hydrogen-bond acceptors (Lipinski definition) is 7. The monoisotopic (exact) mass is 608 g/mol. The highest BCUT2D eigenvalue weighted by molar-refractivity contribution is 5.97. The van der Waals surface area contributed by atoms with Gasteiger partial charge in [-0.3, -0.25) is 0 Å². The fourth-order valence-electron chi connectivity index (χ4n) is 4.90. The van der Waals surface area contributed by atoms with Crippen LogP contribution in [0.3, 0.4) is 0 Å². The second kappa shape index (κ2) is 16.2. The van der Waals surface area contributed by atoms with Gasteiger partial charge in [0.15, 0.2) is 0 Å². The molecule has 0 aliphatic heterocycles. The van der Waals surface area contributed by atoms with E-state index in [9.17, 15) is 14.4 Å². The average molecular weight is 609 g/mol. The van der Waals surface area contributed by atoms with Gasteiger partial charge in [-0.25, -0.2) is 14.4 Å². The SMILES string of the molecule is C=CC(=O)OCCCCCCOc1ccc2cc(C(=O)Oc3ccc(C(=O)Oc4ccc(CCC)cc4C)cc3C)ccc2c1. The van der Waals surface area contributed by atoms with E-state index in [2.05, 4.69) is 13.5 Å². The molecule has 0 fully saturated rings. The van der Waals surface area contributed by atoms with Gasteiger partial charge in [-0.15, -0.1) is 0 Å². The van der Waals surface area contributed by atoms with Crippen molar-refractivity contribution in [3.63, 3.8) is 0 Å². The molecule has 45 heavy (non-hydrogen) atoms. The van der Waals surface area contributed by atoms with Crippen LogP contribution in [0, 0.1) is 13.8 Å². The summed E-state index contributed by atoms with van der Waals surface area (Å²) in [5.74, 6) is 0.315. The smallest absolute Gasteiger partial charge is 0.343 e. The van der Waals surface area contributed by atoms with Gasteiger partial charge in [0.2, 0.25) is 0 Å². The summed E-state index contributed by atoms with van der Waals surface area (Å²) in [7, 11) is 0. The third-order valence-corrected chi connectivity index (χ3v) is 7.36. The van der Waals surface area contributed by atoms with E-state index < -0.39 is 11.9 Å². The van der Waals surface area contributed by atoms with E-state index in [0.29, 0.717) is 41.4 Å². The quantitative estimate of drug-likeness (QED) is 0.0578. The van der Waals surface area contributed by atoms with Crippen molar-refractivity contribution in [3.8, 4) is 17.2 Å². The molecule has 7 heteroatoms. The Bertz CT molecular complexity index is 1670. The fourth-order valence-corrected chi connectivity index (χ4v) is 4.90. The largest absolute Gasteiger partial charge is 0.494 e. The average Bonchev–Trinajstić information content (AvgIpc) is 3.04. The molecule has 7 nitrogen and oxygen atoms in total. The van der Waals surface area contributed by atoms with E-state index in [1.165, 1.54) is 11.6 Å². The molecular weight excluding hydrogens is 568 g/mol. The minimum Gasteiger partial charge on any atom is -0.494 e. The van der Waals surface area contributed by atoms with Crippen LogP contribution in [0.25, 0.3) is 10.8 Å². The normalized spacial score (nSPS) is 10.7. The second-order valence-corrected chi connectivity index (χ2v) is 11.0. The summed E-state index contributed by atoms with van der Waals surface area (Å²) in [5.41, 5.74) is 3.55. The van der Waals surface area contributed by atoms with Gasteiger partial charge < -0.3 is 18.9 Å². The summed E-state index contributed by atoms with van der Waals surface area (Å²) >= 11 is 0. The maximum atomic E-state index is 13.0. The fraction of sp³-hybridized carbons (Fsp3) is 0.289. The van der Waals surface area contributed by atoms with Crippen molar-refractivity contribution in [1.82, 2.24) is 0 Å². The highest BCUT2D eigenvalue weighted by Crippen LogP contribution is 2.26. The van der Waals surface area contributed by atoms with Gasteiger partial charge >= 0.3 is 17.9 Å². The van der Waals surface area contributed by atoms with Gasteiger partial charge in [0, 0.05) is 6.08 Å². The van der Waals surface area contributed by atoms with E-state index in [1.54, 1.807) is 37.3 Å². The van der Waals surface area contributed by atoms with E-state index in [-0.39, 0.29) is 5.97 Å². The van der Waals surface area contributed by atoms with Gasteiger partial charge in [-0.05, 0) is 122 Å². The molecule has 0 aliphatic rings. The van der Waals surface area contributed by atoms with Gasteiger partial charge in [-0.2, -0.15) is 0 Å². The maximum Gasteiger partial charge on any atom is 0.343 e. The molecule has 0 radical (unpaired) electrons. The van der Waals surface area contributed by atoms with E-state index in [4.69, 9.17) is 18.9 Å². The van der Waals surface area contributed by atoms with Crippen molar-refractivity contribution in [2.24, 2.45) is 0 Å². The Labute approximate surface area is 264 Å². The first kappa shape index (κ1) is 33.0. The number of carbonyl (C=O) groups is 3. The Morgan fingerprint density at radius 1 is 0.689 bits per heavy atom. The maximum absolute atomic E-state index is 13.0. The van der Waals surface area contributed by atoms with Crippen LogP contribution in [0.2, 0.25) is 0 Å². The minimum atomic E-state index is -0.488. The molecule has 0 atom stereocenters. The lowest BCUT2D eigenvalue weighted by Crippen LogP contribution is -2.12. The summed E-state index contributed by atoms with van der Waals surface area (Å²) in [4.78, 5) is 36.9. The Morgan fingerprint density at radius 3 is 1.96 bits per heavy atom. The molecule has 0 saturated heterocycles. The van der Waals surface area contributed by atoms with Crippen LogP contribution in [0.15, 0.2) is 85.5 Å². The van der Waals surface area contributed by atoms with Crippen LogP contribution in [0.1, 0.15) is 76.4 Å². The number of rotatable bonds is 15. The molecule has 0 heterocycles. The van der Waals surface area contributed by atoms with Crippen molar-refractivity contribution in [1.29, 1.82) is 0 Å². The first-order valence-electron chi connectivity index (χ1n) is 15.4. The molecule has 234 valence electrons. The summed E-state index contributed by atoms with van der Waals surface area (Å²) in [6.07, 6.45) is 6.84. The predicted molar refractivity (Wildman–Crippen MR) is 175 cm³/mol. The van der Waals surface area contributed by atoms with Crippen molar-refractivity contribution in [2.75, 3.05) is 13.2 Å². The zero-order valence-electron chi connectivity index (χ0n) is 26.2. The van der Waals surface area contributed by atoms with Crippen LogP contribution < -0.4 is 14.2 Å². The van der Waals surface area contributed by atoms with Crippen molar-refractivity contribution in [3.05, 3.63) is 113 Å². The minimum absolute atomic E-state index is 0.373. The molecule has 0 bridgehead atoms. The first-order chi connectivity index (χ1) is 21.8. The molecule has 0 N–H and O–H groups in total. The topological polar surface area (TPSA) is 88.1 Å². The lowest BCUT2D eigenvalue weighted by atomic mass is 10.1. The van der Waals surface area contributed by atoms with Crippen molar-refractivity contribution < 1.29 is 33.3 Å². The molecule has 0 aromatic heterocycles. The summed E-state index contributed by atoms with van der Waals surface area (Å²) in [6.45, 7) is 10.2. The number of esters is 3. The van der Waals surface area contributed by atoms with Gasteiger partial charge in [0.1, 0.15) is 17.2 Å². The Kier molecular flexibility index (Phi) is 11.9. The molecule has 0 spiro atoms. The van der Waals surface area contributed by atoms with Crippen LogP contribution in [0.4, 0.5) is 0 Å². The zero-order chi connectivity index (χ0) is 32.2. The number of benzene rings is 4. The van der Waals surface area contributed by atoms with Crippen molar-refractivity contribution in [2.45, 2.75) is 59.3 Å². The lowest BCUT2D eigenvalue weighted by Gasteiger charge is -2.12. The third kappa shape index (κ3) is 9.54. The highest BCUT2D eigenvalue weighted by Gasteiger charge is 2.16. The molecule has 0 aliphatic carbocycles. The molecule has 0 saturated carbocycles. The highest BCUT2D eigenvalue weighted by atomic mass is 16.5. The van der Waals surface area contributed by atoms with E-state index in [1.807, 2.05) is 49.4 Å². The standard InChI is InChI=1S/C38H40O7/c1-5-11-28-12-18-34(26(3)22-28)44-37(40)31-16-19-35(27(4)23-31)45-38(41)32-14-13-30-25-33(17-15-29(30)24-32)42-20-9-7-8-10-21-43-36(39)6-2/h6,12-19,22-25H,2,5,7-11,20-21H2,1,3-4H3. The van der Waals surface area contributed by atoms with Gasteiger partial charge in [0.05, 0.1) is 24.3 Å². The van der Waals surface area contributed by atoms with Crippen molar-refractivity contribution >= 4 is 28.7 Å². The molecule has 4 rings (SSSR count). The molecular formula is C38H40O7. The van der Waals surface area contributed by atoms with Crippen LogP contribution >= 0.6 is 0 Å². The van der Waals surface area contributed by atoms with Crippen LogP contribution in [-0.2, 0) is 16.0 Å². The number of fused-ring (bicyclic) bond motifs is 1. The molecule has 4 aromatic carbocycles. The van der Waals surface area contributed by atoms with E-state index in [0.717, 1.165) is 60.6 Å². The Balaban J connectivity index is 1.29. The molecule has 4 aromatic rings. The summed E-state index contributed by atoms with van der Waals surface area (Å²) in [6, 6.07) is 21.9. The Morgan fingerprint density at radius 2 is 1.29 bits per heavy atom. The third-order valence-electron chi connectivity index (χ3n) is 7.36. The van der Waals surface area contributed by atoms with Gasteiger partial charge in [-0.1, -0.05) is 44.2 Å². The zero-order valence-corrected chi connectivity index (χ0v) is 26.2. The molecule has 0 amide bonds.